The topological polar surface area (TPSA) is 118 Å². The van der Waals surface area contributed by atoms with Gasteiger partial charge in [0.2, 0.25) is 0 Å². The Morgan fingerprint density at radius 1 is 1.21 bits per heavy atom. The highest BCUT2D eigenvalue weighted by Gasteiger charge is 2.20. The van der Waals surface area contributed by atoms with Crippen molar-refractivity contribution in [3.05, 3.63) is 52.4 Å². The van der Waals surface area contributed by atoms with Gasteiger partial charge in [-0.05, 0) is 50.1 Å². The fourth-order valence-corrected chi connectivity index (χ4v) is 2.89. The van der Waals surface area contributed by atoms with Crippen LogP contribution >= 0.6 is 0 Å². The van der Waals surface area contributed by atoms with Gasteiger partial charge in [0, 0.05) is 17.8 Å². The number of methoxy groups -OCH3 is 1. The predicted molar refractivity (Wildman–Crippen MR) is 108 cm³/mol. The molecule has 0 aliphatic heterocycles. The van der Waals surface area contributed by atoms with E-state index >= 15 is 0 Å². The van der Waals surface area contributed by atoms with E-state index in [2.05, 4.69) is 10.3 Å². The molecule has 0 saturated heterocycles. The molecule has 154 valence electrons. The lowest BCUT2D eigenvalue weighted by Gasteiger charge is -2.11. The van der Waals surface area contributed by atoms with E-state index in [4.69, 9.17) is 9.47 Å². The molecular formula is C21H24N2O6. The minimum atomic E-state index is -1.11. The summed E-state index contributed by atoms with van der Waals surface area (Å²) in [4.78, 5) is 38.0. The first-order valence-corrected chi connectivity index (χ1v) is 9.00. The Kier molecular flexibility index (Phi) is 7.19. The van der Waals surface area contributed by atoms with Gasteiger partial charge < -0.3 is 24.9 Å². The summed E-state index contributed by atoms with van der Waals surface area (Å²) in [6, 6.07) is 5.05. The lowest BCUT2D eigenvalue weighted by Crippen LogP contribution is -2.28. The lowest BCUT2D eigenvalue weighted by atomic mass is 10.0. The van der Waals surface area contributed by atoms with Crippen LogP contribution in [0.1, 0.15) is 44.6 Å². The van der Waals surface area contributed by atoms with E-state index in [1.54, 1.807) is 38.1 Å². The molecule has 3 N–H and O–H groups in total. The number of carbonyl (C=O) groups is 3. The van der Waals surface area contributed by atoms with Crippen LogP contribution in [-0.2, 0) is 4.79 Å². The van der Waals surface area contributed by atoms with Gasteiger partial charge in [-0.1, -0.05) is 12.1 Å². The Hall–Kier alpha value is -3.55. The minimum Gasteiger partial charge on any atom is -0.493 e. The molecule has 1 aromatic heterocycles. The first-order valence-electron chi connectivity index (χ1n) is 9.00. The van der Waals surface area contributed by atoms with Gasteiger partial charge >= 0.3 is 5.97 Å². The average Bonchev–Trinajstić information content (AvgIpc) is 2.99. The number of carbonyl (C=O) groups excluding carboxylic acids is 2. The SMILES string of the molecule is CCNC(=O)COc1ccc(/C=C/C(=O)c2c(C)[nH]c(C(=O)O)c2C)cc1OC. The molecule has 29 heavy (non-hydrogen) atoms. The maximum Gasteiger partial charge on any atom is 0.352 e. The Morgan fingerprint density at radius 2 is 1.93 bits per heavy atom. The number of rotatable bonds is 9. The summed E-state index contributed by atoms with van der Waals surface area (Å²) in [6.07, 6.45) is 2.98. The monoisotopic (exact) mass is 400 g/mol. The van der Waals surface area contributed by atoms with Crippen LogP contribution in [0.15, 0.2) is 24.3 Å². The summed E-state index contributed by atoms with van der Waals surface area (Å²) in [5.41, 5.74) is 1.93. The maximum absolute atomic E-state index is 12.6. The van der Waals surface area contributed by atoms with Gasteiger partial charge in [0.1, 0.15) is 5.69 Å². The Balaban J connectivity index is 2.17. The molecule has 0 radical (unpaired) electrons. The lowest BCUT2D eigenvalue weighted by molar-refractivity contribution is -0.123. The highest BCUT2D eigenvalue weighted by molar-refractivity contribution is 6.10. The van der Waals surface area contributed by atoms with Crippen molar-refractivity contribution in [2.24, 2.45) is 0 Å². The van der Waals surface area contributed by atoms with E-state index in [9.17, 15) is 19.5 Å². The molecule has 0 atom stereocenters. The molecular weight excluding hydrogens is 376 g/mol. The van der Waals surface area contributed by atoms with E-state index in [0.29, 0.717) is 40.4 Å². The van der Waals surface area contributed by atoms with Gasteiger partial charge in [0.25, 0.3) is 5.91 Å². The summed E-state index contributed by atoms with van der Waals surface area (Å²) < 4.78 is 10.8. The van der Waals surface area contributed by atoms with Crippen LogP contribution in [0.4, 0.5) is 0 Å². The van der Waals surface area contributed by atoms with E-state index in [1.807, 2.05) is 6.92 Å². The molecule has 2 aromatic rings. The molecule has 1 amide bonds. The summed E-state index contributed by atoms with van der Waals surface area (Å²) in [7, 11) is 1.48. The first kappa shape index (κ1) is 21.7. The number of aryl methyl sites for hydroxylation is 1. The molecule has 0 bridgehead atoms. The molecule has 0 unspecified atom stereocenters. The molecule has 0 aliphatic rings. The molecule has 1 heterocycles. The summed E-state index contributed by atoms with van der Waals surface area (Å²) in [5.74, 6) is -0.820. The van der Waals surface area contributed by atoms with Crippen LogP contribution in [0.5, 0.6) is 11.5 Å². The first-order chi connectivity index (χ1) is 13.8. The van der Waals surface area contributed by atoms with Gasteiger partial charge in [0.05, 0.1) is 7.11 Å². The molecule has 1 aromatic carbocycles. The molecule has 0 saturated carbocycles. The number of carboxylic acids is 1. The van der Waals surface area contributed by atoms with Crippen molar-refractivity contribution in [2.75, 3.05) is 20.3 Å². The van der Waals surface area contributed by atoms with Crippen molar-refractivity contribution in [1.29, 1.82) is 0 Å². The standard InChI is InChI=1S/C21H24N2O6/c1-5-22-18(25)11-29-16-9-7-14(10-17(16)28-4)6-8-15(24)19-12(2)20(21(26)27)23-13(19)3/h6-10,23H,5,11H2,1-4H3,(H,22,25)(H,26,27)/b8-6+. The zero-order valence-electron chi connectivity index (χ0n) is 16.8. The van der Waals surface area contributed by atoms with Gasteiger partial charge in [-0.25, -0.2) is 4.79 Å². The summed E-state index contributed by atoms with van der Waals surface area (Å²) >= 11 is 0. The van der Waals surface area contributed by atoms with Crippen molar-refractivity contribution in [3.8, 4) is 11.5 Å². The Morgan fingerprint density at radius 3 is 2.52 bits per heavy atom. The quantitative estimate of drug-likeness (QED) is 0.440. The number of hydrogen-bond donors (Lipinski definition) is 3. The Labute approximate surface area is 168 Å². The third-order valence-corrected chi connectivity index (χ3v) is 4.25. The molecule has 8 heteroatoms. The highest BCUT2D eigenvalue weighted by atomic mass is 16.5. The van der Waals surface area contributed by atoms with Crippen LogP contribution in [0.25, 0.3) is 6.08 Å². The second-order valence-corrected chi connectivity index (χ2v) is 6.28. The number of carboxylic acid groups (broad SMARTS) is 1. The average molecular weight is 400 g/mol. The number of benzene rings is 1. The van der Waals surface area contributed by atoms with Crippen molar-refractivity contribution in [2.45, 2.75) is 20.8 Å². The van der Waals surface area contributed by atoms with Gasteiger partial charge in [-0.3, -0.25) is 9.59 Å². The van der Waals surface area contributed by atoms with E-state index in [0.717, 1.165) is 0 Å². The van der Waals surface area contributed by atoms with E-state index < -0.39 is 5.97 Å². The number of amides is 1. The fourth-order valence-electron chi connectivity index (χ4n) is 2.89. The second kappa shape index (κ2) is 9.59. The molecule has 0 spiro atoms. The molecule has 2 rings (SSSR count). The number of allylic oxidation sites excluding steroid dienone is 1. The van der Waals surface area contributed by atoms with Crippen molar-refractivity contribution in [3.63, 3.8) is 0 Å². The third-order valence-electron chi connectivity index (χ3n) is 4.25. The van der Waals surface area contributed by atoms with Crippen LogP contribution in [0.3, 0.4) is 0 Å². The van der Waals surface area contributed by atoms with Crippen molar-refractivity contribution >= 4 is 23.7 Å². The van der Waals surface area contributed by atoms with Crippen LogP contribution in [0, 0.1) is 13.8 Å². The van der Waals surface area contributed by atoms with Crippen LogP contribution in [-0.4, -0.2) is 48.0 Å². The summed E-state index contributed by atoms with van der Waals surface area (Å²) in [6.45, 7) is 5.46. The van der Waals surface area contributed by atoms with E-state index in [-0.39, 0.29) is 24.0 Å². The van der Waals surface area contributed by atoms with Gasteiger partial charge in [-0.15, -0.1) is 0 Å². The van der Waals surface area contributed by atoms with Crippen molar-refractivity contribution in [1.82, 2.24) is 10.3 Å². The fraction of sp³-hybridized carbons (Fsp3) is 0.286. The smallest absolute Gasteiger partial charge is 0.352 e. The highest BCUT2D eigenvalue weighted by Crippen LogP contribution is 2.28. The number of aromatic amines is 1. The second-order valence-electron chi connectivity index (χ2n) is 6.28. The number of likely N-dealkylation sites (N-methyl/N-ethyl adjacent to an activating group) is 1. The van der Waals surface area contributed by atoms with Crippen molar-refractivity contribution < 1.29 is 29.0 Å². The number of H-pyrrole nitrogens is 1. The number of hydrogen-bond acceptors (Lipinski definition) is 5. The number of ketones is 1. The van der Waals surface area contributed by atoms with Gasteiger partial charge in [0.15, 0.2) is 23.9 Å². The molecule has 0 fully saturated rings. The summed E-state index contributed by atoms with van der Waals surface area (Å²) in [5, 5.41) is 11.8. The third kappa shape index (κ3) is 5.25. The molecule has 0 aliphatic carbocycles. The predicted octanol–water partition coefficient (Wildman–Crippen LogP) is 2.75. The zero-order chi connectivity index (χ0) is 21.6. The van der Waals surface area contributed by atoms with Crippen LogP contribution < -0.4 is 14.8 Å². The van der Waals surface area contributed by atoms with Crippen LogP contribution in [0.2, 0.25) is 0 Å². The minimum absolute atomic E-state index is 0.00882. The number of aromatic nitrogens is 1. The number of aromatic carboxylic acids is 1. The van der Waals surface area contributed by atoms with E-state index in [1.165, 1.54) is 13.2 Å². The normalized spacial score (nSPS) is 10.8. The molecule has 8 nitrogen and oxygen atoms in total. The Bertz CT molecular complexity index is 958. The maximum atomic E-state index is 12.6. The largest absolute Gasteiger partial charge is 0.493 e. The zero-order valence-corrected chi connectivity index (χ0v) is 16.8. The van der Waals surface area contributed by atoms with Gasteiger partial charge in [-0.2, -0.15) is 0 Å². The number of ether oxygens (including phenoxy) is 2. The number of nitrogens with one attached hydrogen (secondary N) is 2.